The summed E-state index contributed by atoms with van der Waals surface area (Å²) in [5.74, 6) is 0.0136. The van der Waals surface area contributed by atoms with Crippen molar-refractivity contribution < 1.29 is 47.6 Å². The molecule has 15 nitrogen and oxygen atoms in total. The molecule has 290 valence electrons. The molecule has 0 radical (unpaired) electrons. The molecule has 0 bridgehead atoms. The van der Waals surface area contributed by atoms with Crippen molar-refractivity contribution in [3.05, 3.63) is 76.6 Å². The van der Waals surface area contributed by atoms with Crippen LogP contribution in [0.15, 0.2) is 48.5 Å². The Morgan fingerprint density at radius 1 is 0.818 bits per heavy atom. The molecule has 3 aromatic carbocycles. The van der Waals surface area contributed by atoms with Gasteiger partial charge in [-0.05, 0) is 36.2 Å². The van der Waals surface area contributed by atoms with Gasteiger partial charge in [0.05, 0.1) is 45.2 Å². The van der Waals surface area contributed by atoms with Crippen LogP contribution in [-0.2, 0) is 16.1 Å². The fraction of sp³-hybridized carbons (Fsp3) is 0.333. The Labute approximate surface area is 321 Å². The van der Waals surface area contributed by atoms with Gasteiger partial charge in [0.25, 0.3) is 5.91 Å². The van der Waals surface area contributed by atoms with E-state index >= 15 is 0 Å². The number of esters is 1. The summed E-state index contributed by atoms with van der Waals surface area (Å²) in [7, 11) is 8.85. The number of benzene rings is 3. The minimum Gasteiger partial charge on any atom is -0.493 e. The minimum atomic E-state index is -0.743. The third-order valence-electron chi connectivity index (χ3n) is 9.56. The number of halogens is 1. The number of anilines is 1. The highest BCUT2D eigenvalue weighted by atomic mass is 35.5. The number of likely N-dealkylation sites (N-methyl/N-ethyl adjacent to an activating group) is 2. The number of aromatic amines is 2. The fourth-order valence-electron chi connectivity index (χ4n) is 6.55. The summed E-state index contributed by atoms with van der Waals surface area (Å²) in [6, 6.07) is 14.3. The molecule has 0 saturated carbocycles. The first-order valence-corrected chi connectivity index (χ1v) is 17.8. The molecule has 0 spiro atoms. The number of hydrogen-bond donors (Lipinski definition) is 2. The maximum absolute atomic E-state index is 14.3. The van der Waals surface area contributed by atoms with Crippen LogP contribution in [-0.4, -0.2) is 112 Å². The number of nitrogens with one attached hydrogen (secondary N) is 2. The van der Waals surface area contributed by atoms with Crippen LogP contribution in [0.5, 0.6) is 23.0 Å². The smallest absolute Gasteiger partial charge is 0.415 e. The number of nitrogens with zero attached hydrogens (tertiary/aromatic N) is 3. The van der Waals surface area contributed by atoms with E-state index in [-0.39, 0.29) is 61.1 Å². The van der Waals surface area contributed by atoms with Crippen LogP contribution in [0.25, 0.3) is 21.8 Å². The van der Waals surface area contributed by atoms with Crippen molar-refractivity contribution in [1.29, 1.82) is 0 Å². The second kappa shape index (κ2) is 16.1. The number of fused-ring (bicyclic) bond motifs is 4. The van der Waals surface area contributed by atoms with E-state index in [1.54, 1.807) is 36.2 Å². The molecular weight excluding hydrogens is 734 g/mol. The highest BCUT2D eigenvalue weighted by molar-refractivity contribution is 6.19. The molecule has 3 heterocycles. The van der Waals surface area contributed by atoms with Crippen LogP contribution in [0.4, 0.5) is 15.3 Å². The van der Waals surface area contributed by atoms with Gasteiger partial charge in [-0.2, -0.15) is 0 Å². The summed E-state index contributed by atoms with van der Waals surface area (Å²) in [5.41, 5.74) is 4.33. The Kier molecular flexibility index (Phi) is 11.3. The molecule has 1 atom stereocenters. The summed E-state index contributed by atoms with van der Waals surface area (Å²) < 4.78 is 33.0. The number of H-pyrrole nitrogens is 2. The summed E-state index contributed by atoms with van der Waals surface area (Å²) in [4.78, 5) is 63.6. The van der Waals surface area contributed by atoms with Crippen molar-refractivity contribution in [3.8, 4) is 23.0 Å². The van der Waals surface area contributed by atoms with Gasteiger partial charge in [0.1, 0.15) is 18.0 Å². The van der Waals surface area contributed by atoms with Crippen LogP contribution >= 0.6 is 11.6 Å². The van der Waals surface area contributed by atoms with Crippen LogP contribution < -0.4 is 23.8 Å². The van der Waals surface area contributed by atoms with E-state index in [2.05, 4.69) is 9.97 Å². The monoisotopic (exact) mass is 775 g/mol. The molecule has 2 aromatic heterocycles. The van der Waals surface area contributed by atoms with Crippen molar-refractivity contribution in [2.75, 3.05) is 72.9 Å². The van der Waals surface area contributed by atoms with Gasteiger partial charge in [0.2, 0.25) is 5.75 Å². The molecule has 16 heteroatoms. The zero-order valence-electron chi connectivity index (χ0n) is 31.5. The Morgan fingerprint density at radius 2 is 1.49 bits per heavy atom. The van der Waals surface area contributed by atoms with E-state index < -0.39 is 18.2 Å². The van der Waals surface area contributed by atoms with E-state index in [0.29, 0.717) is 50.3 Å². The number of carbonyl (C=O) groups is 4. The zero-order chi connectivity index (χ0) is 39.6. The van der Waals surface area contributed by atoms with Crippen molar-refractivity contribution in [2.45, 2.75) is 19.4 Å². The lowest BCUT2D eigenvalue weighted by Crippen LogP contribution is -2.38. The maximum atomic E-state index is 14.3. The first kappa shape index (κ1) is 38.6. The second-order valence-corrected chi connectivity index (χ2v) is 13.4. The first-order valence-electron chi connectivity index (χ1n) is 17.3. The van der Waals surface area contributed by atoms with Gasteiger partial charge in [-0.15, -0.1) is 11.6 Å². The normalized spacial score (nSPS) is 13.4. The zero-order valence-corrected chi connectivity index (χ0v) is 32.3. The number of carbonyl (C=O) groups excluding carboxylic acids is 4. The van der Waals surface area contributed by atoms with Gasteiger partial charge in [-0.3, -0.25) is 4.79 Å². The quantitative estimate of drug-likeness (QED) is 0.106. The summed E-state index contributed by atoms with van der Waals surface area (Å²) in [6.45, 7) is 2.55. The SMILES string of the molecule is COC(=O)c1cc2c3c(cc(OC(=O)N(C)CCN(C)C(=O)OCc4ccc(C)cc4)c2[nH]1)N(C(=O)c1cc2cc(OC)c(OC)c(OC)c2[nH]1)C[C@H]3CCl. The Morgan fingerprint density at radius 3 is 2.13 bits per heavy atom. The van der Waals surface area contributed by atoms with Crippen LogP contribution in [0, 0.1) is 6.92 Å². The molecule has 3 amide bonds. The Hall–Kier alpha value is -6.09. The predicted octanol–water partition coefficient (Wildman–Crippen LogP) is 6.45. The molecule has 0 saturated heterocycles. The summed E-state index contributed by atoms with van der Waals surface area (Å²) in [6.07, 6.45) is -1.29. The number of aromatic nitrogens is 2. The fourth-order valence-corrected chi connectivity index (χ4v) is 6.81. The highest BCUT2D eigenvalue weighted by Crippen LogP contribution is 2.47. The van der Waals surface area contributed by atoms with Crippen LogP contribution in [0.1, 0.15) is 43.6 Å². The van der Waals surface area contributed by atoms with Crippen LogP contribution in [0.3, 0.4) is 0 Å². The third kappa shape index (κ3) is 7.52. The molecule has 0 unspecified atom stereocenters. The number of alkyl halides is 1. The van der Waals surface area contributed by atoms with E-state index in [0.717, 1.165) is 11.1 Å². The minimum absolute atomic E-state index is 0.0624. The second-order valence-electron chi connectivity index (χ2n) is 13.1. The Bertz CT molecular complexity index is 2270. The lowest BCUT2D eigenvalue weighted by atomic mass is 9.98. The average molecular weight is 776 g/mol. The van der Waals surface area contributed by atoms with E-state index in [4.69, 9.17) is 40.0 Å². The molecule has 55 heavy (non-hydrogen) atoms. The van der Waals surface area contributed by atoms with Gasteiger partial charge < -0.3 is 53.1 Å². The number of ether oxygens (including phenoxy) is 6. The van der Waals surface area contributed by atoms with E-state index in [1.165, 1.54) is 45.3 Å². The van der Waals surface area contributed by atoms with E-state index in [1.807, 2.05) is 31.2 Å². The average Bonchev–Trinajstić information content (AvgIpc) is 3.93. The number of hydrogen-bond acceptors (Lipinski definition) is 10. The van der Waals surface area contributed by atoms with Gasteiger partial charge >= 0.3 is 18.2 Å². The largest absolute Gasteiger partial charge is 0.493 e. The molecular formula is C39H42ClN5O10. The molecule has 6 rings (SSSR count). The van der Waals surface area contributed by atoms with Crippen molar-refractivity contribution in [3.63, 3.8) is 0 Å². The standard InChI is InChI=1S/C39H42ClN5O10/c1-21-8-10-22(11-9-21)20-54-38(48)43(2)12-13-44(3)39(49)55-29-17-28-31(25-16-27(37(47)53-7)42-33(25)29)24(18-40)19-45(28)36(46)26-14-23-15-30(50-4)34(51-5)35(52-6)32(23)41-26/h8-11,14-17,24,41-42H,12-13,18-20H2,1-7H3/t24-/m1/s1. The molecule has 2 N–H and O–H groups in total. The summed E-state index contributed by atoms with van der Waals surface area (Å²) in [5, 5.41) is 1.19. The summed E-state index contributed by atoms with van der Waals surface area (Å²) >= 11 is 6.50. The first-order chi connectivity index (χ1) is 26.4. The number of methoxy groups -OCH3 is 4. The Balaban J connectivity index is 1.27. The molecule has 5 aromatic rings. The van der Waals surface area contributed by atoms with Gasteiger partial charge in [0.15, 0.2) is 17.2 Å². The van der Waals surface area contributed by atoms with Gasteiger partial charge in [0, 0.05) is 62.4 Å². The number of aryl methyl sites for hydroxylation is 1. The molecule has 0 fully saturated rings. The van der Waals surface area contributed by atoms with Gasteiger partial charge in [-0.25, -0.2) is 14.4 Å². The highest BCUT2D eigenvalue weighted by Gasteiger charge is 2.37. The molecule has 1 aliphatic rings. The number of amides is 3. The number of rotatable bonds is 12. The third-order valence-corrected chi connectivity index (χ3v) is 9.93. The van der Waals surface area contributed by atoms with Gasteiger partial charge in [-0.1, -0.05) is 29.8 Å². The molecule has 1 aliphatic heterocycles. The topological polar surface area (TPSA) is 165 Å². The van der Waals surface area contributed by atoms with Crippen molar-refractivity contribution in [1.82, 2.24) is 19.8 Å². The van der Waals surface area contributed by atoms with Crippen molar-refractivity contribution in [2.24, 2.45) is 0 Å². The maximum Gasteiger partial charge on any atom is 0.415 e. The molecule has 0 aliphatic carbocycles. The lowest BCUT2D eigenvalue weighted by Gasteiger charge is -2.22. The lowest BCUT2D eigenvalue weighted by molar-refractivity contribution is 0.0595. The van der Waals surface area contributed by atoms with Crippen LogP contribution in [0.2, 0.25) is 0 Å². The predicted molar refractivity (Wildman–Crippen MR) is 205 cm³/mol. The van der Waals surface area contributed by atoms with E-state index in [9.17, 15) is 19.2 Å². The van der Waals surface area contributed by atoms with Crippen molar-refractivity contribution >= 4 is 63.2 Å².